The minimum atomic E-state index is -0.0442. The smallest absolute Gasteiger partial charge is 0.264 e. The summed E-state index contributed by atoms with van der Waals surface area (Å²) in [5.74, 6) is 0.541. The topological polar surface area (TPSA) is 60.1 Å². The van der Waals surface area contributed by atoms with Crippen molar-refractivity contribution in [3.63, 3.8) is 0 Å². The van der Waals surface area contributed by atoms with Crippen molar-refractivity contribution in [2.75, 3.05) is 13.1 Å². The van der Waals surface area contributed by atoms with E-state index in [-0.39, 0.29) is 59.6 Å². The van der Waals surface area contributed by atoms with Crippen molar-refractivity contribution < 1.29 is 4.52 Å². The number of halogens is 3. The van der Waals surface area contributed by atoms with Gasteiger partial charge in [-0.15, -0.1) is 48.0 Å². The molecule has 0 aliphatic carbocycles. The van der Waals surface area contributed by atoms with Gasteiger partial charge >= 0.3 is 0 Å². The maximum Gasteiger partial charge on any atom is 0.264 e. The Hall–Kier alpha value is -0.390. The molecule has 1 aliphatic heterocycles. The third-order valence-electron chi connectivity index (χ3n) is 4.42. The fraction of sp³-hybridized carbons (Fsp3) is 0.375. The molecule has 8 heteroatoms. The molecule has 0 radical (unpaired) electrons. The lowest BCUT2D eigenvalue weighted by Crippen LogP contribution is -2.36. The van der Waals surface area contributed by atoms with Crippen LogP contribution in [0.3, 0.4) is 0 Å². The summed E-state index contributed by atoms with van der Waals surface area (Å²) in [6.07, 6.45) is 2.03. The van der Waals surface area contributed by atoms with Crippen molar-refractivity contribution >= 4 is 81.4 Å². The SMILES string of the molecule is Cc1onc2c1c(=O)n(C1CCCNC1)c1cccc(Cl)c21.I.I. The van der Waals surface area contributed by atoms with Gasteiger partial charge in [-0.1, -0.05) is 22.8 Å². The Morgan fingerprint density at radius 2 is 2.12 bits per heavy atom. The second kappa shape index (κ2) is 7.88. The molecular weight excluding hydrogens is 555 g/mol. The zero-order chi connectivity index (χ0) is 15.3. The van der Waals surface area contributed by atoms with Gasteiger partial charge in [-0.25, -0.2) is 0 Å². The summed E-state index contributed by atoms with van der Waals surface area (Å²) in [4.78, 5) is 13.0. The molecule has 1 atom stereocenters. The highest BCUT2D eigenvalue weighted by atomic mass is 127. The average molecular weight is 574 g/mol. The first kappa shape index (κ1) is 19.9. The number of hydrogen-bond acceptors (Lipinski definition) is 4. The van der Waals surface area contributed by atoms with Gasteiger partial charge in [0.05, 0.1) is 10.5 Å². The van der Waals surface area contributed by atoms with Crippen molar-refractivity contribution in [2.45, 2.75) is 25.8 Å². The maximum atomic E-state index is 13.0. The van der Waals surface area contributed by atoms with Crippen LogP contribution in [0.2, 0.25) is 5.02 Å². The number of nitrogens with one attached hydrogen (secondary N) is 1. The Morgan fingerprint density at radius 1 is 1.33 bits per heavy atom. The molecule has 1 unspecified atom stereocenters. The molecule has 0 amide bonds. The second-order valence-corrected chi connectivity index (χ2v) is 6.18. The molecule has 0 spiro atoms. The molecule has 1 aliphatic rings. The molecule has 1 N–H and O–H groups in total. The summed E-state index contributed by atoms with van der Waals surface area (Å²) in [7, 11) is 0. The summed E-state index contributed by atoms with van der Waals surface area (Å²) in [6, 6.07) is 5.75. The van der Waals surface area contributed by atoms with Gasteiger partial charge in [0.15, 0.2) is 0 Å². The van der Waals surface area contributed by atoms with Gasteiger partial charge in [0, 0.05) is 18.0 Å². The van der Waals surface area contributed by atoms with Gasteiger partial charge in [0.1, 0.15) is 16.7 Å². The number of nitrogens with zero attached hydrogens (tertiary/aromatic N) is 2. The van der Waals surface area contributed by atoms with Crippen LogP contribution in [0.1, 0.15) is 24.6 Å². The molecule has 1 fully saturated rings. The molecule has 130 valence electrons. The van der Waals surface area contributed by atoms with Crippen molar-refractivity contribution in [3.8, 4) is 0 Å². The quantitative estimate of drug-likeness (QED) is 0.442. The predicted molar refractivity (Wildman–Crippen MR) is 117 cm³/mol. The average Bonchev–Trinajstić information content (AvgIpc) is 2.91. The first-order chi connectivity index (χ1) is 10.7. The third-order valence-corrected chi connectivity index (χ3v) is 4.73. The second-order valence-electron chi connectivity index (χ2n) is 5.77. The Morgan fingerprint density at radius 3 is 2.83 bits per heavy atom. The van der Waals surface area contributed by atoms with Crippen molar-refractivity contribution in [1.29, 1.82) is 0 Å². The Labute approximate surface area is 178 Å². The van der Waals surface area contributed by atoms with Crippen molar-refractivity contribution in [1.82, 2.24) is 15.0 Å². The highest BCUT2D eigenvalue weighted by molar-refractivity contribution is 14.0. The van der Waals surface area contributed by atoms with E-state index in [9.17, 15) is 4.79 Å². The Balaban J connectivity index is 0.00000104. The van der Waals surface area contributed by atoms with Gasteiger partial charge in [-0.3, -0.25) is 4.79 Å². The molecule has 0 bridgehead atoms. The van der Waals surface area contributed by atoms with Crippen LogP contribution < -0.4 is 10.9 Å². The lowest BCUT2D eigenvalue weighted by Gasteiger charge is -2.26. The zero-order valence-corrected chi connectivity index (χ0v) is 18.5. The summed E-state index contributed by atoms with van der Waals surface area (Å²) in [6.45, 7) is 3.55. The number of hydrogen-bond donors (Lipinski definition) is 1. The highest BCUT2D eigenvalue weighted by Gasteiger charge is 2.24. The summed E-state index contributed by atoms with van der Waals surface area (Å²) in [5, 5.41) is 9.35. The van der Waals surface area contributed by atoms with Gasteiger partial charge in [0.25, 0.3) is 5.56 Å². The lowest BCUT2D eigenvalue weighted by molar-refractivity contribution is 0.373. The van der Waals surface area contributed by atoms with Crippen LogP contribution in [0.25, 0.3) is 21.8 Å². The van der Waals surface area contributed by atoms with E-state index in [2.05, 4.69) is 10.5 Å². The molecule has 4 rings (SSSR count). The Bertz CT molecular complexity index is 932. The number of benzene rings is 1. The fourth-order valence-corrected chi connectivity index (χ4v) is 3.65. The molecule has 3 aromatic rings. The third kappa shape index (κ3) is 3.08. The van der Waals surface area contributed by atoms with Crippen LogP contribution >= 0.6 is 59.6 Å². The van der Waals surface area contributed by atoms with Crippen LogP contribution in [0.4, 0.5) is 0 Å². The van der Waals surface area contributed by atoms with Crippen LogP contribution in [0, 0.1) is 6.92 Å². The van der Waals surface area contributed by atoms with Crippen LogP contribution in [0.15, 0.2) is 27.5 Å². The van der Waals surface area contributed by atoms with E-state index in [1.807, 2.05) is 22.8 Å². The number of aromatic nitrogens is 2. The largest absolute Gasteiger partial charge is 0.360 e. The van der Waals surface area contributed by atoms with Gasteiger partial charge in [0.2, 0.25) is 0 Å². The molecule has 2 aromatic heterocycles. The minimum absolute atomic E-state index is 0. The van der Waals surface area contributed by atoms with Crippen molar-refractivity contribution in [3.05, 3.63) is 39.3 Å². The number of pyridine rings is 1. The number of fused-ring (bicyclic) bond motifs is 3. The molecule has 3 heterocycles. The summed E-state index contributed by atoms with van der Waals surface area (Å²) < 4.78 is 7.12. The minimum Gasteiger partial charge on any atom is -0.360 e. The van der Waals surface area contributed by atoms with E-state index >= 15 is 0 Å². The predicted octanol–water partition coefficient (Wildman–Crippen LogP) is 4.27. The van der Waals surface area contributed by atoms with Gasteiger partial charge in [-0.05, 0) is 38.4 Å². The molecular formula is C16H18ClI2N3O2. The standard InChI is InChI=1S/C16H16ClN3O2.2HI/c1-9-13-15(19-22-9)14-11(17)5-2-6-12(14)20(16(13)21)10-4-3-7-18-8-10;;/h2,5-6,10,18H,3-4,7-8H2,1H3;2*1H. The monoisotopic (exact) mass is 573 g/mol. The van der Waals surface area contributed by atoms with Crippen molar-refractivity contribution in [2.24, 2.45) is 0 Å². The fourth-order valence-electron chi connectivity index (χ4n) is 3.39. The molecule has 1 saturated heterocycles. The number of rotatable bonds is 1. The van der Waals surface area contributed by atoms with E-state index in [1.54, 1.807) is 6.92 Å². The number of piperidine rings is 1. The number of aryl methyl sites for hydroxylation is 1. The van der Waals surface area contributed by atoms with Gasteiger partial charge in [-0.2, -0.15) is 0 Å². The first-order valence-corrected chi connectivity index (χ1v) is 7.85. The van der Waals surface area contributed by atoms with Crippen LogP contribution in [0.5, 0.6) is 0 Å². The summed E-state index contributed by atoms with van der Waals surface area (Å²) in [5.41, 5.74) is 1.34. The van der Waals surface area contributed by atoms with Crippen LogP contribution in [-0.4, -0.2) is 22.8 Å². The Kier molecular flexibility index (Phi) is 6.54. The molecule has 5 nitrogen and oxygen atoms in total. The van der Waals surface area contributed by atoms with E-state index in [4.69, 9.17) is 16.1 Å². The highest BCUT2D eigenvalue weighted by Crippen LogP contribution is 2.32. The normalized spacial score (nSPS) is 17.5. The first-order valence-electron chi connectivity index (χ1n) is 7.48. The van der Waals surface area contributed by atoms with E-state index in [0.29, 0.717) is 21.7 Å². The lowest BCUT2D eigenvalue weighted by atomic mass is 10.0. The maximum absolute atomic E-state index is 13.0. The molecule has 1 aromatic carbocycles. The molecule has 0 saturated carbocycles. The van der Waals surface area contributed by atoms with Gasteiger partial charge < -0.3 is 14.4 Å². The molecule has 24 heavy (non-hydrogen) atoms. The summed E-state index contributed by atoms with van der Waals surface area (Å²) >= 11 is 6.40. The van der Waals surface area contributed by atoms with E-state index < -0.39 is 0 Å². The van der Waals surface area contributed by atoms with E-state index in [0.717, 1.165) is 36.8 Å². The van der Waals surface area contributed by atoms with Crippen LogP contribution in [-0.2, 0) is 0 Å². The van der Waals surface area contributed by atoms with E-state index in [1.165, 1.54) is 0 Å². The zero-order valence-electron chi connectivity index (χ0n) is 13.0.